The number of aromatic amines is 1. The average molecular weight is 469 g/mol. The summed E-state index contributed by atoms with van der Waals surface area (Å²) in [5.74, 6) is 2.02. The summed E-state index contributed by atoms with van der Waals surface area (Å²) in [6.07, 6.45) is 8.70. The van der Waals surface area contributed by atoms with Crippen molar-refractivity contribution in [2.45, 2.75) is 38.5 Å². The lowest BCUT2D eigenvalue weighted by Gasteiger charge is -2.22. The highest BCUT2D eigenvalue weighted by atomic mass is 127. The number of nitrogens with zero attached hydrogens (tertiary/aromatic N) is 3. The number of unbranched alkanes of at least 4 members (excludes halogenated alkanes) is 3. The van der Waals surface area contributed by atoms with Gasteiger partial charge in [0.1, 0.15) is 5.82 Å². The molecule has 26 heavy (non-hydrogen) atoms. The van der Waals surface area contributed by atoms with Gasteiger partial charge >= 0.3 is 0 Å². The normalized spacial score (nSPS) is 11.2. The van der Waals surface area contributed by atoms with Crippen molar-refractivity contribution in [1.82, 2.24) is 20.2 Å². The molecule has 0 bridgehead atoms. The number of aryl methyl sites for hydroxylation is 1. The average Bonchev–Trinajstić information content (AvgIpc) is 3.04. The molecule has 2 N–H and O–H groups in total. The summed E-state index contributed by atoms with van der Waals surface area (Å²) in [5, 5.41) is 3.44. The third kappa shape index (κ3) is 7.35. The van der Waals surface area contributed by atoms with Crippen LogP contribution < -0.4 is 5.32 Å². The number of hydrogen-bond acceptors (Lipinski definition) is 2. The zero-order chi connectivity index (χ0) is 17.9. The van der Waals surface area contributed by atoms with Crippen molar-refractivity contribution in [1.29, 1.82) is 0 Å². The summed E-state index contributed by atoms with van der Waals surface area (Å²) in [6.45, 7) is 5.69. The third-order valence-electron chi connectivity index (χ3n) is 4.29. The van der Waals surface area contributed by atoms with Gasteiger partial charge in [-0.15, -0.1) is 30.6 Å². The second-order valence-corrected chi connectivity index (χ2v) is 6.34. The maximum Gasteiger partial charge on any atom is 0.193 e. The molecule has 0 spiro atoms. The van der Waals surface area contributed by atoms with Crippen LogP contribution in [0.4, 0.5) is 0 Å². The van der Waals surface area contributed by atoms with Gasteiger partial charge in [-0.25, -0.2) is 4.98 Å². The number of aliphatic imine (C=N–C) groups is 1. The van der Waals surface area contributed by atoms with Gasteiger partial charge in [-0.2, -0.15) is 0 Å². The van der Waals surface area contributed by atoms with E-state index in [0.29, 0.717) is 0 Å². The molecule has 0 radical (unpaired) electrons. The summed E-state index contributed by atoms with van der Waals surface area (Å²) in [6, 6.07) is 8.16. The molecule has 0 unspecified atom stereocenters. The Morgan fingerprint density at radius 2 is 2.08 bits per heavy atom. The van der Waals surface area contributed by atoms with Gasteiger partial charge in [0.05, 0.1) is 11.0 Å². The van der Waals surface area contributed by atoms with Crippen LogP contribution in [0.25, 0.3) is 11.0 Å². The predicted molar refractivity (Wildman–Crippen MR) is 122 cm³/mol. The molecule has 6 heteroatoms. The minimum Gasteiger partial charge on any atom is -0.356 e. The zero-order valence-electron chi connectivity index (χ0n) is 16.0. The smallest absolute Gasteiger partial charge is 0.193 e. The van der Waals surface area contributed by atoms with E-state index in [2.05, 4.69) is 44.9 Å². The van der Waals surface area contributed by atoms with Gasteiger partial charge in [0.2, 0.25) is 0 Å². The molecule has 1 aromatic heterocycles. The number of rotatable bonds is 10. The topological polar surface area (TPSA) is 56.3 Å². The van der Waals surface area contributed by atoms with Gasteiger partial charge < -0.3 is 15.2 Å². The zero-order valence-corrected chi connectivity index (χ0v) is 18.3. The van der Waals surface area contributed by atoms with Gasteiger partial charge in [0, 0.05) is 33.6 Å². The fourth-order valence-electron chi connectivity index (χ4n) is 2.89. The summed E-state index contributed by atoms with van der Waals surface area (Å²) in [4.78, 5) is 14.6. The lowest BCUT2D eigenvalue weighted by molar-refractivity contribution is 0.454. The number of nitrogens with one attached hydrogen (secondary N) is 2. The highest BCUT2D eigenvalue weighted by Crippen LogP contribution is 2.11. The first-order valence-electron chi connectivity index (χ1n) is 9.21. The largest absolute Gasteiger partial charge is 0.356 e. The molecule has 0 aliphatic rings. The third-order valence-corrected chi connectivity index (χ3v) is 4.29. The molecule has 144 valence electrons. The molecular weight excluding hydrogens is 437 g/mol. The van der Waals surface area contributed by atoms with Crippen LogP contribution in [0.15, 0.2) is 41.9 Å². The van der Waals surface area contributed by atoms with Crippen LogP contribution in [-0.4, -0.2) is 48.0 Å². The van der Waals surface area contributed by atoms with Crippen LogP contribution in [0.3, 0.4) is 0 Å². The van der Waals surface area contributed by atoms with Crippen molar-refractivity contribution in [3.63, 3.8) is 0 Å². The SMILES string of the molecule is C=CCCCCCN(C)C(=NC)NCCCc1nc2ccccc2[nH]1.I. The second-order valence-electron chi connectivity index (χ2n) is 6.34. The van der Waals surface area contributed by atoms with Gasteiger partial charge in [-0.3, -0.25) is 4.99 Å². The Balaban J connectivity index is 0.00000338. The van der Waals surface area contributed by atoms with E-state index < -0.39 is 0 Å². The highest BCUT2D eigenvalue weighted by molar-refractivity contribution is 14.0. The van der Waals surface area contributed by atoms with Crippen molar-refractivity contribution in [3.05, 3.63) is 42.7 Å². The Labute approximate surface area is 174 Å². The number of H-pyrrole nitrogens is 1. The Hall–Kier alpha value is -1.57. The Morgan fingerprint density at radius 3 is 2.81 bits per heavy atom. The maximum atomic E-state index is 4.62. The van der Waals surface area contributed by atoms with E-state index in [1.165, 1.54) is 19.3 Å². The van der Waals surface area contributed by atoms with Crippen molar-refractivity contribution in [2.75, 3.05) is 27.2 Å². The van der Waals surface area contributed by atoms with Crippen LogP contribution in [0.1, 0.15) is 37.9 Å². The van der Waals surface area contributed by atoms with Crippen molar-refractivity contribution in [2.24, 2.45) is 4.99 Å². The second kappa shape index (κ2) is 12.7. The number of imidazole rings is 1. The quantitative estimate of drug-likeness (QED) is 0.179. The van der Waals surface area contributed by atoms with Crippen LogP contribution >= 0.6 is 24.0 Å². The van der Waals surface area contributed by atoms with Crippen LogP contribution in [-0.2, 0) is 6.42 Å². The first kappa shape index (κ1) is 22.5. The molecule has 1 heterocycles. The molecule has 1 aromatic carbocycles. The monoisotopic (exact) mass is 469 g/mol. The molecule has 0 aliphatic heterocycles. The molecule has 0 saturated carbocycles. The summed E-state index contributed by atoms with van der Waals surface area (Å²) in [5.41, 5.74) is 2.15. The van der Waals surface area contributed by atoms with E-state index >= 15 is 0 Å². The number of fused-ring (bicyclic) bond motifs is 1. The number of guanidine groups is 1. The van der Waals surface area contributed by atoms with E-state index in [4.69, 9.17) is 0 Å². The lowest BCUT2D eigenvalue weighted by atomic mass is 10.2. The van der Waals surface area contributed by atoms with E-state index in [0.717, 1.165) is 55.2 Å². The Morgan fingerprint density at radius 1 is 1.27 bits per heavy atom. The van der Waals surface area contributed by atoms with Gasteiger partial charge in [0.25, 0.3) is 0 Å². The number of para-hydroxylation sites is 2. The minimum absolute atomic E-state index is 0. The van der Waals surface area contributed by atoms with Gasteiger partial charge in [-0.05, 0) is 37.8 Å². The first-order valence-corrected chi connectivity index (χ1v) is 9.21. The molecule has 0 fully saturated rings. The van der Waals surface area contributed by atoms with Crippen molar-refractivity contribution >= 4 is 41.0 Å². The van der Waals surface area contributed by atoms with Crippen LogP contribution in [0.2, 0.25) is 0 Å². The highest BCUT2D eigenvalue weighted by Gasteiger charge is 2.06. The molecule has 2 aromatic rings. The van der Waals surface area contributed by atoms with E-state index in [-0.39, 0.29) is 24.0 Å². The van der Waals surface area contributed by atoms with Crippen LogP contribution in [0, 0.1) is 0 Å². The molecule has 0 atom stereocenters. The van der Waals surface area contributed by atoms with Crippen molar-refractivity contribution in [3.8, 4) is 0 Å². The molecule has 0 saturated heterocycles. The van der Waals surface area contributed by atoms with Gasteiger partial charge in [-0.1, -0.05) is 24.6 Å². The molecule has 0 amide bonds. The minimum atomic E-state index is 0. The lowest BCUT2D eigenvalue weighted by Crippen LogP contribution is -2.39. The fraction of sp³-hybridized carbons (Fsp3) is 0.500. The number of hydrogen-bond donors (Lipinski definition) is 2. The number of halogens is 1. The number of allylic oxidation sites excluding steroid dienone is 1. The first-order chi connectivity index (χ1) is 12.2. The van der Waals surface area contributed by atoms with E-state index in [1.54, 1.807) is 0 Å². The number of benzene rings is 1. The van der Waals surface area contributed by atoms with Crippen molar-refractivity contribution < 1.29 is 0 Å². The maximum absolute atomic E-state index is 4.62. The summed E-state index contributed by atoms with van der Waals surface area (Å²) >= 11 is 0. The van der Waals surface area contributed by atoms with E-state index in [1.807, 2.05) is 31.3 Å². The fourth-order valence-corrected chi connectivity index (χ4v) is 2.89. The van der Waals surface area contributed by atoms with E-state index in [9.17, 15) is 0 Å². The molecule has 0 aliphatic carbocycles. The molecular formula is C20H32IN5. The Kier molecular flexibility index (Phi) is 11.0. The number of aromatic nitrogens is 2. The van der Waals surface area contributed by atoms with Gasteiger partial charge in [0.15, 0.2) is 5.96 Å². The summed E-state index contributed by atoms with van der Waals surface area (Å²) < 4.78 is 0. The standard InChI is InChI=1S/C20H31N5.HI/c1-4-5-6-7-10-16-25(3)20(21-2)22-15-11-14-19-23-17-12-8-9-13-18(17)24-19;/h4,8-9,12-13H,1,5-7,10-11,14-16H2,2-3H3,(H,21,22)(H,23,24);1H. The predicted octanol–water partition coefficient (Wildman–Crippen LogP) is 4.37. The summed E-state index contributed by atoms with van der Waals surface area (Å²) in [7, 11) is 3.94. The van der Waals surface area contributed by atoms with Crippen LogP contribution in [0.5, 0.6) is 0 Å². The molecule has 2 rings (SSSR count). The Bertz CT molecular complexity index is 647. The molecule has 5 nitrogen and oxygen atoms in total.